The van der Waals surface area contributed by atoms with Crippen molar-refractivity contribution in [3.63, 3.8) is 0 Å². The molecule has 2 rings (SSSR count). The Morgan fingerprint density at radius 2 is 2.05 bits per heavy atom. The van der Waals surface area contributed by atoms with Gasteiger partial charge in [0, 0.05) is 19.6 Å². The Kier molecular flexibility index (Phi) is 4.27. The van der Waals surface area contributed by atoms with Gasteiger partial charge in [0.2, 0.25) is 5.91 Å². The zero-order chi connectivity index (χ0) is 14.8. The highest BCUT2D eigenvalue weighted by Gasteiger charge is 2.48. The van der Waals surface area contributed by atoms with E-state index in [1.165, 1.54) is 0 Å². The number of piperidine rings is 1. The van der Waals surface area contributed by atoms with Crippen LogP contribution in [0.2, 0.25) is 0 Å². The maximum Gasteiger partial charge on any atom is 0.322 e. The molecule has 0 aromatic heterocycles. The van der Waals surface area contributed by atoms with Gasteiger partial charge in [-0.05, 0) is 19.3 Å². The SMILES string of the molecule is CCCC(CN)C(=O)N1CCC2(CC1)NC(=O)NC2=O. The van der Waals surface area contributed by atoms with Crippen molar-refractivity contribution in [2.45, 2.75) is 38.1 Å². The molecule has 7 heteroatoms. The molecule has 1 spiro atoms. The fraction of sp³-hybridized carbons (Fsp3) is 0.769. The zero-order valence-electron chi connectivity index (χ0n) is 11.8. The van der Waals surface area contributed by atoms with E-state index in [1.54, 1.807) is 4.90 Å². The number of carbonyl (C=O) groups is 3. The van der Waals surface area contributed by atoms with Gasteiger partial charge in [0.25, 0.3) is 5.91 Å². The van der Waals surface area contributed by atoms with Gasteiger partial charge in [0.15, 0.2) is 0 Å². The lowest BCUT2D eigenvalue weighted by Crippen LogP contribution is -2.56. The van der Waals surface area contributed by atoms with E-state index in [1.807, 2.05) is 6.92 Å². The molecule has 4 N–H and O–H groups in total. The van der Waals surface area contributed by atoms with E-state index >= 15 is 0 Å². The predicted molar refractivity (Wildman–Crippen MR) is 72.7 cm³/mol. The van der Waals surface area contributed by atoms with E-state index in [0.717, 1.165) is 12.8 Å². The molecule has 1 unspecified atom stereocenters. The van der Waals surface area contributed by atoms with Gasteiger partial charge in [-0.25, -0.2) is 4.79 Å². The van der Waals surface area contributed by atoms with Gasteiger partial charge in [-0.3, -0.25) is 14.9 Å². The molecule has 112 valence electrons. The summed E-state index contributed by atoms with van der Waals surface area (Å²) in [5.41, 5.74) is 4.83. The van der Waals surface area contributed by atoms with Gasteiger partial charge in [0.05, 0.1) is 5.92 Å². The van der Waals surface area contributed by atoms with Gasteiger partial charge in [-0.1, -0.05) is 13.3 Å². The zero-order valence-corrected chi connectivity index (χ0v) is 11.8. The molecular weight excluding hydrogens is 260 g/mol. The summed E-state index contributed by atoms with van der Waals surface area (Å²) in [6, 6.07) is -0.444. The summed E-state index contributed by atoms with van der Waals surface area (Å²) in [4.78, 5) is 37.1. The molecule has 20 heavy (non-hydrogen) atoms. The molecule has 2 saturated heterocycles. The molecule has 2 aliphatic rings. The summed E-state index contributed by atoms with van der Waals surface area (Å²) in [5, 5.41) is 4.95. The lowest BCUT2D eigenvalue weighted by molar-refractivity contribution is -0.139. The van der Waals surface area contributed by atoms with Gasteiger partial charge in [0.1, 0.15) is 5.54 Å². The van der Waals surface area contributed by atoms with Crippen LogP contribution in [0.15, 0.2) is 0 Å². The number of likely N-dealkylation sites (tertiary alicyclic amines) is 1. The van der Waals surface area contributed by atoms with Gasteiger partial charge in [-0.15, -0.1) is 0 Å². The van der Waals surface area contributed by atoms with E-state index in [-0.39, 0.29) is 17.7 Å². The molecule has 0 aromatic rings. The third-order valence-corrected chi connectivity index (χ3v) is 4.21. The second kappa shape index (κ2) is 5.78. The van der Waals surface area contributed by atoms with Crippen LogP contribution in [0, 0.1) is 5.92 Å². The number of nitrogens with one attached hydrogen (secondary N) is 2. The summed E-state index contributed by atoms with van der Waals surface area (Å²) in [7, 11) is 0. The minimum Gasteiger partial charge on any atom is -0.342 e. The van der Waals surface area contributed by atoms with E-state index in [2.05, 4.69) is 10.6 Å². The summed E-state index contributed by atoms with van der Waals surface area (Å²) in [5.74, 6) is -0.353. The first-order valence-electron chi connectivity index (χ1n) is 7.15. The Balaban J connectivity index is 1.96. The molecule has 0 radical (unpaired) electrons. The summed E-state index contributed by atoms with van der Waals surface area (Å²) >= 11 is 0. The maximum absolute atomic E-state index is 12.3. The second-order valence-corrected chi connectivity index (χ2v) is 5.54. The monoisotopic (exact) mass is 282 g/mol. The lowest BCUT2D eigenvalue weighted by Gasteiger charge is -2.38. The predicted octanol–water partition coefficient (Wildman–Crippen LogP) is -0.438. The standard InChI is InChI=1S/C13H22N4O3/c1-2-3-9(8-14)10(18)17-6-4-13(5-7-17)11(19)15-12(20)16-13/h9H,2-8,14H2,1H3,(H2,15,16,19,20). The highest BCUT2D eigenvalue weighted by molar-refractivity contribution is 6.07. The molecular formula is C13H22N4O3. The van der Waals surface area contributed by atoms with Crippen molar-refractivity contribution in [3.05, 3.63) is 0 Å². The highest BCUT2D eigenvalue weighted by atomic mass is 16.2. The van der Waals surface area contributed by atoms with E-state index in [9.17, 15) is 14.4 Å². The largest absolute Gasteiger partial charge is 0.342 e. The topological polar surface area (TPSA) is 105 Å². The average Bonchev–Trinajstić information content (AvgIpc) is 2.70. The first-order valence-corrected chi connectivity index (χ1v) is 7.15. The molecule has 1 atom stereocenters. The van der Waals surface area contributed by atoms with Crippen LogP contribution in [0.5, 0.6) is 0 Å². The normalized spacial score (nSPS) is 22.6. The minimum absolute atomic E-state index is 0.0638. The van der Waals surface area contributed by atoms with Crippen molar-refractivity contribution < 1.29 is 14.4 Å². The molecule has 7 nitrogen and oxygen atoms in total. The van der Waals surface area contributed by atoms with Crippen molar-refractivity contribution in [1.29, 1.82) is 0 Å². The molecule has 2 fully saturated rings. The van der Waals surface area contributed by atoms with Gasteiger partial charge < -0.3 is 16.0 Å². The Morgan fingerprint density at radius 3 is 2.50 bits per heavy atom. The van der Waals surface area contributed by atoms with Crippen molar-refractivity contribution in [2.24, 2.45) is 11.7 Å². The molecule has 2 heterocycles. The van der Waals surface area contributed by atoms with Crippen molar-refractivity contribution in [3.8, 4) is 0 Å². The van der Waals surface area contributed by atoms with Crippen molar-refractivity contribution >= 4 is 17.8 Å². The second-order valence-electron chi connectivity index (χ2n) is 5.54. The van der Waals surface area contributed by atoms with Crippen LogP contribution in [0.4, 0.5) is 4.79 Å². The molecule has 0 aromatic carbocycles. The number of imide groups is 1. The van der Waals surface area contributed by atoms with Crippen LogP contribution >= 0.6 is 0 Å². The van der Waals surface area contributed by atoms with Crippen molar-refractivity contribution in [2.75, 3.05) is 19.6 Å². The fourth-order valence-corrected chi connectivity index (χ4v) is 2.94. The minimum atomic E-state index is -0.823. The van der Waals surface area contributed by atoms with Crippen LogP contribution in [-0.4, -0.2) is 47.9 Å². The first kappa shape index (κ1) is 14.8. The number of urea groups is 1. The van der Waals surface area contributed by atoms with E-state index in [4.69, 9.17) is 5.73 Å². The Bertz CT molecular complexity index is 416. The van der Waals surface area contributed by atoms with Crippen LogP contribution in [0.3, 0.4) is 0 Å². The van der Waals surface area contributed by atoms with Crippen LogP contribution in [0.25, 0.3) is 0 Å². The highest BCUT2D eigenvalue weighted by Crippen LogP contribution is 2.26. The molecule has 2 aliphatic heterocycles. The number of nitrogens with two attached hydrogens (primary N) is 1. The average molecular weight is 282 g/mol. The third-order valence-electron chi connectivity index (χ3n) is 4.21. The van der Waals surface area contributed by atoms with Crippen LogP contribution in [-0.2, 0) is 9.59 Å². The smallest absolute Gasteiger partial charge is 0.322 e. The third kappa shape index (κ3) is 2.63. The molecule has 0 saturated carbocycles. The number of rotatable bonds is 4. The summed E-state index contributed by atoms with van der Waals surface area (Å²) in [6.45, 7) is 3.34. The van der Waals surface area contributed by atoms with Gasteiger partial charge >= 0.3 is 6.03 Å². The lowest BCUT2D eigenvalue weighted by atomic mass is 9.87. The van der Waals surface area contributed by atoms with Crippen molar-refractivity contribution in [1.82, 2.24) is 15.5 Å². The quantitative estimate of drug-likeness (QED) is 0.608. The number of carbonyl (C=O) groups excluding carboxylic acids is 3. The molecule has 0 bridgehead atoms. The first-order chi connectivity index (χ1) is 9.52. The number of hydrogen-bond acceptors (Lipinski definition) is 4. The Labute approximate surface area is 118 Å². The Hall–Kier alpha value is -1.63. The van der Waals surface area contributed by atoms with E-state index in [0.29, 0.717) is 32.5 Å². The van der Waals surface area contributed by atoms with E-state index < -0.39 is 11.6 Å². The molecule has 0 aliphatic carbocycles. The fourth-order valence-electron chi connectivity index (χ4n) is 2.94. The summed E-state index contributed by atoms with van der Waals surface area (Å²) in [6.07, 6.45) is 2.62. The number of nitrogens with zero attached hydrogens (tertiary/aromatic N) is 1. The molecule has 4 amide bonds. The number of hydrogen-bond donors (Lipinski definition) is 3. The van der Waals surface area contributed by atoms with Crippen LogP contribution in [0.1, 0.15) is 32.6 Å². The Morgan fingerprint density at radius 1 is 1.40 bits per heavy atom. The van der Waals surface area contributed by atoms with Gasteiger partial charge in [-0.2, -0.15) is 0 Å². The summed E-state index contributed by atoms with van der Waals surface area (Å²) < 4.78 is 0. The number of amides is 4. The van der Waals surface area contributed by atoms with Crippen LogP contribution < -0.4 is 16.4 Å². The maximum atomic E-state index is 12.3.